The lowest BCUT2D eigenvalue weighted by Crippen LogP contribution is -2.39. The Morgan fingerprint density at radius 1 is 1.22 bits per heavy atom. The summed E-state index contributed by atoms with van der Waals surface area (Å²) in [6, 6.07) is 0. The average molecular weight is 254 g/mol. The largest absolute Gasteiger partial charge is 0.390 e. The Hall–Kier alpha value is -0.0400. The van der Waals surface area contributed by atoms with Crippen LogP contribution in [0.1, 0.15) is 86.0 Å². The Bertz CT molecular complexity index is 236. The first-order chi connectivity index (χ1) is 8.33. The number of rotatable bonds is 6. The molecule has 1 aliphatic rings. The van der Waals surface area contributed by atoms with Gasteiger partial charge in [-0.1, -0.05) is 53.9 Å². The SMILES string of the molecule is CCCC(C)CC1(O)CCC(C(C)(C)CC)CC1. The zero-order chi connectivity index (χ0) is 13.8. The fourth-order valence-corrected chi connectivity index (χ4v) is 3.67. The van der Waals surface area contributed by atoms with Crippen LogP contribution in [0.15, 0.2) is 0 Å². The number of hydrogen-bond donors (Lipinski definition) is 1. The molecular weight excluding hydrogens is 220 g/mol. The van der Waals surface area contributed by atoms with Gasteiger partial charge >= 0.3 is 0 Å². The van der Waals surface area contributed by atoms with E-state index in [0.29, 0.717) is 11.3 Å². The Balaban J connectivity index is 2.47. The molecule has 0 aromatic rings. The first-order valence-corrected chi connectivity index (χ1v) is 8.05. The van der Waals surface area contributed by atoms with Gasteiger partial charge in [0.2, 0.25) is 0 Å². The highest BCUT2D eigenvalue weighted by Gasteiger charge is 2.38. The van der Waals surface area contributed by atoms with Crippen molar-refractivity contribution in [2.45, 2.75) is 91.6 Å². The van der Waals surface area contributed by atoms with E-state index < -0.39 is 0 Å². The lowest BCUT2D eigenvalue weighted by Gasteiger charge is -2.43. The monoisotopic (exact) mass is 254 g/mol. The third-order valence-electron chi connectivity index (χ3n) is 5.44. The van der Waals surface area contributed by atoms with Crippen LogP contribution in [-0.4, -0.2) is 10.7 Å². The summed E-state index contributed by atoms with van der Waals surface area (Å²) < 4.78 is 0. The zero-order valence-electron chi connectivity index (χ0n) is 13.3. The fourth-order valence-electron chi connectivity index (χ4n) is 3.67. The second-order valence-electron chi connectivity index (χ2n) is 7.44. The molecule has 0 radical (unpaired) electrons. The highest BCUT2D eigenvalue weighted by Crippen LogP contribution is 2.45. The van der Waals surface area contributed by atoms with Crippen LogP contribution in [0, 0.1) is 17.3 Å². The summed E-state index contributed by atoms with van der Waals surface area (Å²) in [6.07, 6.45) is 9.24. The van der Waals surface area contributed by atoms with E-state index in [9.17, 15) is 5.11 Å². The molecule has 0 aromatic carbocycles. The summed E-state index contributed by atoms with van der Waals surface area (Å²) in [5.41, 5.74) is 0.102. The van der Waals surface area contributed by atoms with E-state index in [1.165, 1.54) is 32.1 Å². The predicted molar refractivity (Wildman–Crippen MR) is 79.7 cm³/mol. The molecule has 1 rings (SSSR count). The Labute approximate surface area is 114 Å². The first-order valence-electron chi connectivity index (χ1n) is 8.05. The highest BCUT2D eigenvalue weighted by atomic mass is 16.3. The first kappa shape index (κ1) is 16.0. The lowest BCUT2D eigenvalue weighted by atomic mass is 9.65. The van der Waals surface area contributed by atoms with Crippen molar-refractivity contribution in [3.8, 4) is 0 Å². The smallest absolute Gasteiger partial charge is 0.0650 e. The van der Waals surface area contributed by atoms with Gasteiger partial charge in [-0.05, 0) is 49.4 Å². The quantitative estimate of drug-likeness (QED) is 0.693. The third-order valence-corrected chi connectivity index (χ3v) is 5.44. The van der Waals surface area contributed by atoms with E-state index in [4.69, 9.17) is 0 Å². The molecule has 0 bridgehead atoms. The molecule has 1 N–H and O–H groups in total. The molecule has 1 unspecified atom stereocenters. The van der Waals surface area contributed by atoms with Crippen molar-refractivity contribution in [1.29, 1.82) is 0 Å². The lowest BCUT2D eigenvalue weighted by molar-refractivity contribution is -0.0440. The van der Waals surface area contributed by atoms with Gasteiger partial charge in [-0.3, -0.25) is 0 Å². The minimum absolute atomic E-state index is 0.352. The summed E-state index contributed by atoms with van der Waals surface area (Å²) >= 11 is 0. The maximum Gasteiger partial charge on any atom is 0.0650 e. The van der Waals surface area contributed by atoms with Crippen molar-refractivity contribution in [2.24, 2.45) is 17.3 Å². The summed E-state index contributed by atoms with van der Waals surface area (Å²) in [6.45, 7) is 11.6. The van der Waals surface area contributed by atoms with E-state index in [-0.39, 0.29) is 5.60 Å². The summed E-state index contributed by atoms with van der Waals surface area (Å²) in [7, 11) is 0. The summed E-state index contributed by atoms with van der Waals surface area (Å²) in [4.78, 5) is 0. The fraction of sp³-hybridized carbons (Fsp3) is 1.00. The van der Waals surface area contributed by atoms with Gasteiger partial charge in [0.15, 0.2) is 0 Å². The topological polar surface area (TPSA) is 20.2 Å². The average Bonchev–Trinajstić information content (AvgIpc) is 2.29. The Kier molecular flexibility index (Phi) is 5.70. The Morgan fingerprint density at radius 3 is 2.22 bits per heavy atom. The summed E-state index contributed by atoms with van der Waals surface area (Å²) in [5, 5.41) is 10.7. The van der Waals surface area contributed by atoms with Gasteiger partial charge in [-0.2, -0.15) is 0 Å². The molecule has 0 aromatic heterocycles. The molecule has 0 amide bonds. The van der Waals surface area contributed by atoms with Crippen LogP contribution in [0.2, 0.25) is 0 Å². The predicted octanol–water partition coefficient (Wildman–Crippen LogP) is 5.17. The van der Waals surface area contributed by atoms with E-state index in [0.717, 1.165) is 25.2 Å². The number of hydrogen-bond acceptors (Lipinski definition) is 1. The van der Waals surface area contributed by atoms with Gasteiger partial charge in [0.25, 0.3) is 0 Å². The Morgan fingerprint density at radius 2 is 1.78 bits per heavy atom. The van der Waals surface area contributed by atoms with Crippen LogP contribution in [0.3, 0.4) is 0 Å². The van der Waals surface area contributed by atoms with Crippen molar-refractivity contribution in [1.82, 2.24) is 0 Å². The van der Waals surface area contributed by atoms with Crippen molar-refractivity contribution in [3.05, 3.63) is 0 Å². The molecule has 0 spiro atoms. The minimum Gasteiger partial charge on any atom is -0.390 e. The molecule has 0 aliphatic heterocycles. The van der Waals surface area contributed by atoms with E-state index in [2.05, 4.69) is 34.6 Å². The molecular formula is C17H34O. The summed E-state index contributed by atoms with van der Waals surface area (Å²) in [5.74, 6) is 1.49. The molecule has 1 fully saturated rings. The molecule has 1 heteroatoms. The van der Waals surface area contributed by atoms with Crippen molar-refractivity contribution in [3.63, 3.8) is 0 Å². The van der Waals surface area contributed by atoms with Gasteiger partial charge in [-0.25, -0.2) is 0 Å². The third kappa shape index (κ3) is 4.26. The highest BCUT2D eigenvalue weighted by molar-refractivity contribution is 4.90. The molecule has 1 aliphatic carbocycles. The van der Waals surface area contributed by atoms with E-state index in [1.54, 1.807) is 0 Å². The van der Waals surface area contributed by atoms with Crippen LogP contribution < -0.4 is 0 Å². The van der Waals surface area contributed by atoms with Crippen LogP contribution in [-0.2, 0) is 0 Å². The van der Waals surface area contributed by atoms with Gasteiger partial charge in [0.05, 0.1) is 5.60 Å². The van der Waals surface area contributed by atoms with E-state index >= 15 is 0 Å². The van der Waals surface area contributed by atoms with E-state index in [1.807, 2.05) is 0 Å². The van der Waals surface area contributed by atoms with Crippen molar-refractivity contribution in [2.75, 3.05) is 0 Å². The molecule has 1 atom stereocenters. The number of aliphatic hydroxyl groups is 1. The normalized spacial score (nSPS) is 31.3. The zero-order valence-corrected chi connectivity index (χ0v) is 13.3. The molecule has 108 valence electrons. The van der Waals surface area contributed by atoms with Gasteiger partial charge in [0, 0.05) is 0 Å². The maximum atomic E-state index is 10.7. The van der Waals surface area contributed by atoms with Crippen LogP contribution in [0.4, 0.5) is 0 Å². The van der Waals surface area contributed by atoms with Crippen LogP contribution >= 0.6 is 0 Å². The van der Waals surface area contributed by atoms with Gasteiger partial charge in [0.1, 0.15) is 0 Å². The molecule has 1 saturated carbocycles. The van der Waals surface area contributed by atoms with Gasteiger partial charge < -0.3 is 5.11 Å². The van der Waals surface area contributed by atoms with Crippen LogP contribution in [0.5, 0.6) is 0 Å². The minimum atomic E-state index is -0.352. The van der Waals surface area contributed by atoms with Crippen molar-refractivity contribution >= 4 is 0 Å². The maximum absolute atomic E-state index is 10.7. The second-order valence-corrected chi connectivity index (χ2v) is 7.44. The molecule has 0 saturated heterocycles. The second kappa shape index (κ2) is 6.41. The van der Waals surface area contributed by atoms with Crippen molar-refractivity contribution < 1.29 is 5.11 Å². The van der Waals surface area contributed by atoms with Crippen LogP contribution in [0.25, 0.3) is 0 Å². The molecule has 0 heterocycles. The standard InChI is InChI=1S/C17H34O/c1-6-8-14(3)13-17(18)11-9-15(10-12-17)16(4,5)7-2/h14-15,18H,6-13H2,1-5H3. The van der Waals surface area contributed by atoms with Gasteiger partial charge in [-0.15, -0.1) is 0 Å². The molecule has 1 nitrogen and oxygen atoms in total. The molecule has 18 heavy (non-hydrogen) atoms.